The number of esters is 3. The van der Waals surface area contributed by atoms with E-state index in [0.717, 1.165) is 109 Å². The lowest BCUT2D eigenvalue weighted by atomic mass is 10.0. The summed E-state index contributed by atoms with van der Waals surface area (Å²) in [4.78, 5) is 38.3. The Labute approximate surface area is 471 Å². The molecule has 0 aromatic carbocycles. The van der Waals surface area contributed by atoms with Gasteiger partial charge in [-0.2, -0.15) is 0 Å². The van der Waals surface area contributed by atoms with Gasteiger partial charge in [-0.1, -0.05) is 292 Å². The SMILES string of the molecule is CC/C=C\C/C=C\C/C=C\C/C=C\C/C=C\C/C=C\CCCCCCCCCCC(=O)OCC(COC(=O)CCCCCCC/C=C\CCCCC)OC(=O)CCCCCCCCCCCCCCCCCCCCC. The number of unbranched alkanes of at least 4 members (excludes halogenated alkanes) is 34. The summed E-state index contributed by atoms with van der Waals surface area (Å²) in [5.41, 5.74) is 0. The predicted molar refractivity (Wildman–Crippen MR) is 330 cm³/mol. The van der Waals surface area contributed by atoms with Gasteiger partial charge in [-0.3, -0.25) is 14.4 Å². The first-order valence-corrected chi connectivity index (χ1v) is 32.6. The van der Waals surface area contributed by atoms with Gasteiger partial charge in [0.15, 0.2) is 6.10 Å². The fraction of sp³-hybridized carbons (Fsp3) is 0.757. The third kappa shape index (κ3) is 61.4. The molecule has 0 N–H and O–H groups in total. The molecule has 0 heterocycles. The van der Waals surface area contributed by atoms with E-state index in [1.54, 1.807) is 0 Å². The molecule has 0 bridgehead atoms. The first kappa shape index (κ1) is 72.6. The molecule has 76 heavy (non-hydrogen) atoms. The quantitative estimate of drug-likeness (QED) is 0.0261. The highest BCUT2D eigenvalue weighted by atomic mass is 16.6. The van der Waals surface area contributed by atoms with Gasteiger partial charge >= 0.3 is 17.9 Å². The first-order valence-electron chi connectivity index (χ1n) is 32.6. The lowest BCUT2D eigenvalue weighted by molar-refractivity contribution is -0.167. The number of allylic oxidation sites excluding steroid dienone is 14. The zero-order valence-electron chi connectivity index (χ0n) is 50.3. The zero-order chi connectivity index (χ0) is 55.0. The van der Waals surface area contributed by atoms with Crippen LogP contribution in [0.5, 0.6) is 0 Å². The third-order valence-corrected chi connectivity index (χ3v) is 14.1. The van der Waals surface area contributed by atoms with Gasteiger partial charge in [-0.05, 0) is 96.3 Å². The summed E-state index contributed by atoms with van der Waals surface area (Å²) in [6.45, 7) is 6.53. The molecule has 0 amide bonds. The van der Waals surface area contributed by atoms with Crippen LogP contribution in [0, 0.1) is 0 Å². The molecule has 1 unspecified atom stereocenters. The lowest BCUT2D eigenvalue weighted by Crippen LogP contribution is -2.30. The fourth-order valence-corrected chi connectivity index (χ4v) is 9.27. The van der Waals surface area contributed by atoms with Gasteiger partial charge < -0.3 is 14.2 Å². The molecule has 6 nitrogen and oxygen atoms in total. The van der Waals surface area contributed by atoms with Crippen molar-refractivity contribution in [2.45, 2.75) is 329 Å². The monoisotopic (exact) mass is 1060 g/mol. The van der Waals surface area contributed by atoms with Crippen LogP contribution in [0.25, 0.3) is 0 Å². The van der Waals surface area contributed by atoms with Crippen molar-refractivity contribution in [3.63, 3.8) is 0 Å². The maximum absolute atomic E-state index is 12.9. The minimum Gasteiger partial charge on any atom is -0.462 e. The van der Waals surface area contributed by atoms with Crippen molar-refractivity contribution in [2.75, 3.05) is 13.2 Å². The Morgan fingerprint density at radius 3 is 0.842 bits per heavy atom. The van der Waals surface area contributed by atoms with Crippen LogP contribution in [0.3, 0.4) is 0 Å². The average molecular weight is 1060 g/mol. The van der Waals surface area contributed by atoms with Crippen LogP contribution in [-0.2, 0) is 28.6 Å². The molecule has 1 atom stereocenters. The number of carbonyl (C=O) groups excluding carboxylic acids is 3. The van der Waals surface area contributed by atoms with Crippen LogP contribution >= 0.6 is 0 Å². The summed E-state index contributed by atoms with van der Waals surface area (Å²) in [6.07, 6.45) is 84.5. The van der Waals surface area contributed by atoms with E-state index in [2.05, 4.69) is 106 Å². The predicted octanol–water partition coefficient (Wildman–Crippen LogP) is 22.3. The second-order valence-corrected chi connectivity index (χ2v) is 21.6. The molecule has 0 saturated carbocycles. The van der Waals surface area contributed by atoms with E-state index in [1.165, 1.54) is 173 Å². The molecule has 6 heteroatoms. The molecule has 0 spiro atoms. The van der Waals surface area contributed by atoms with Crippen LogP contribution in [0.1, 0.15) is 323 Å². The van der Waals surface area contributed by atoms with Gasteiger partial charge in [0.2, 0.25) is 0 Å². The molecular formula is C70H122O6. The maximum Gasteiger partial charge on any atom is 0.306 e. The van der Waals surface area contributed by atoms with E-state index in [4.69, 9.17) is 14.2 Å². The Morgan fingerprint density at radius 1 is 0.276 bits per heavy atom. The topological polar surface area (TPSA) is 78.9 Å². The third-order valence-electron chi connectivity index (χ3n) is 14.1. The summed E-state index contributed by atoms with van der Waals surface area (Å²) in [5, 5.41) is 0. The average Bonchev–Trinajstić information content (AvgIpc) is 3.42. The second-order valence-electron chi connectivity index (χ2n) is 21.6. The van der Waals surface area contributed by atoms with Crippen molar-refractivity contribution < 1.29 is 28.6 Å². The van der Waals surface area contributed by atoms with E-state index in [9.17, 15) is 14.4 Å². The summed E-state index contributed by atoms with van der Waals surface area (Å²) in [5.74, 6) is -0.882. The Hall–Kier alpha value is -3.41. The Kier molecular flexibility index (Phi) is 61.2. The molecule has 0 rings (SSSR count). The smallest absolute Gasteiger partial charge is 0.306 e. The largest absolute Gasteiger partial charge is 0.462 e. The van der Waals surface area contributed by atoms with Crippen LogP contribution in [-0.4, -0.2) is 37.2 Å². The van der Waals surface area contributed by atoms with Gasteiger partial charge in [0.05, 0.1) is 0 Å². The van der Waals surface area contributed by atoms with Gasteiger partial charge in [0.25, 0.3) is 0 Å². The fourth-order valence-electron chi connectivity index (χ4n) is 9.27. The molecule has 0 radical (unpaired) electrons. The van der Waals surface area contributed by atoms with Crippen molar-refractivity contribution in [1.82, 2.24) is 0 Å². The number of carbonyl (C=O) groups is 3. The molecule has 0 aliphatic carbocycles. The van der Waals surface area contributed by atoms with Crippen molar-refractivity contribution in [1.29, 1.82) is 0 Å². The van der Waals surface area contributed by atoms with Crippen molar-refractivity contribution in [3.8, 4) is 0 Å². The Morgan fingerprint density at radius 2 is 0.513 bits per heavy atom. The first-order chi connectivity index (χ1) is 37.5. The second kappa shape index (κ2) is 64.1. The molecule has 0 aromatic rings. The summed E-state index contributed by atoms with van der Waals surface area (Å²) in [6, 6.07) is 0. The molecular weight excluding hydrogens is 937 g/mol. The van der Waals surface area contributed by atoms with Gasteiger partial charge in [-0.15, -0.1) is 0 Å². The molecule has 0 aliphatic rings. The van der Waals surface area contributed by atoms with Crippen molar-refractivity contribution in [2.24, 2.45) is 0 Å². The highest BCUT2D eigenvalue weighted by Gasteiger charge is 2.19. The van der Waals surface area contributed by atoms with E-state index >= 15 is 0 Å². The van der Waals surface area contributed by atoms with Gasteiger partial charge in [0.1, 0.15) is 13.2 Å². The lowest BCUT2D eigenvalue weighted by Gasteiger charge is -2.18. The number of hydrogen-bond acceptors (Lipinski definition) is 6. The summed E-state index contributed by atoms with van der Waals surface area (Å²) in [7, 11) is 0. The van der Waals surface area contributed by atoms with Crippen LogP contribution < -0.4 is 0 Å². The van der Waals surface area contributed by atoms with E-state index in [-0.39, 0.29) is 31.1 Å². The van der Waals surface area contributed by atoms with Crippen LogP contribution in [0.2, 0.25) is 0 Å². The molecule has 0 fully saturated rings. The van der Waals surface area contributed by atoms with Gasteiger partial charge in [-0.25, -0.2) is 0 Å². The van der Waals surface area contributed by atoms with E-state index < -0.39 is 6.10 Å². The highest BCUT2D eigenvalue weighted by molar-refractivity contribution is 5.71. The minimum absolute atomic E-state index is 0.0803. The zero-order valence-corrected chi connectivity index (χ0v) is 50.3. The highest BCUT2D eigenvalue weighted by Crippen LogP contribution is 2.17. The molecule has 0 saturated heterocycles. The molecule has 0 aromatic heterocycles. The maximum atomic E-state index is 12.9. The summed E-state index contributed by atoms with van der Waals surface area (Å²) >= 11 is 0. The van der Waals surface area contributed by atoms with Crippen LogP contribution in [0.4, 0.5) is 0 Å². The normalized spacial score (nSPS) is 12.6. The number of hydrogen-bond donors (Lipinski definition) is 0. The number of rotatable bonds is 59. The van der Waals surface area contributed by atoms with Gasteiger partial charge in [0, 0.05) is 19.3 Å². The van der Waals surface area contributed by atoms with Crippen molar-refractivity contribution in [3.05, 3.63) is 85.1 Å². The summed E-state index contributed by atoms with van der Waals surface area (Å²) < 4.78 is 16.9. The molecule has 0 aliphatic heterocycles. The van der Waals surface area contributed by atoms with E-state index in [0.29, 0.717) is 19.3 Å². The standard InChI is InChI=1S/C70H122O6/c1-4-7-10-13-16-19-22-25-27-29-31-32-33-34-35-36-37-38-40-41-43-45-48-51-54-57-60-63-69(72)75-66-67(65-74-68(71)62-59-56-53-50-47-24-21-18-15-12-9-6-3)76-70(73)64-61-58-55-52-49-46-44-42-39-30-28-26-23-20-17-14-11-8-5-2/h7,10,16,18-19,21,25,27,31-32,34-35,37-38,67H,4-6,8-9,11-15,17,20,22-24,26,28-30,33,36,39-66H2,1-3H3/b10-7-,19-16-,21-18-,27-25-,32-31-,35-34-,38-37-. The van der Waals surface area contributed by atoms with Crippen molar-refractivity contribution >= 4 is 17.9 Å². The Bertz CT molecular complexity index is 1450. The number of ether oxygens (including phenoxy) is 3. The van der Waals surface area contributed by atoms with E-state index in [1.807, 2.05) is 0 Å². The Balaban J connectivity index is 4.29. The minimum atomic E-state index is -0.782. The molecule has 438 valence electrons. The van der Waals surface area contributed by atoms with Crippen LogP contribution in [0.15, 0.2) is 85.1 Å².